The van der Waals surface area contributed by atoms with E-state index in [0.717, 1.165) is 29.5 Å². The van der Waals surface area contributed by atoms with Crippen LogP contribution in [0.4, 0.5) is 0 Å². The van der Waals surface area contributed by atoms with E-state index in [4.69, 9.17) is 21.1 Å². The largest absolute Gasteiger partial charge is 0.497 e. The second-order valence-corrected chi connectivity index (χ2v) is 9.33. The number of benzene rings is 3. The minimum absolute atomic E-state index is 0.184. The maximum absolute atomic E-state index is 13.7. The van der Waals surface area contributed by atoms with E-state index in [1.807, 2.05) is 61.5 Å². The molecule has 0 aliphatic carbocycles. The van der Waals surface area contributed by atoms with Gasteiger partial charge in [-0.2, -0.15) is 0 Å². The van der Waals surface area contributed by atoms with E-state index < -0.39 is 6.04 Å². The van der Waals surface area contributed by atoms with Crippen molar-refractivity contribution >= 4 is 23.4 Å². The first-order valence-electron chi connectivity index (χ1n) is 12.5. The highest BCUT2D eigenvalue weighted by Gasteiger charge is 2.30. The number of carbonyl (C=O) groups is 2. The van der Waals surface area contributed by atoms with Crippen LogP contribution in [-0.2, 0) is 22.6 Å². The third kappa shape index (κ3) is 8.53. The van der Waals surface area contributed by atoms with E-state index in [1.165, 1.54) is 0 Å². The standard InChI is InChI=1S/C30H35ClN2O4/c1-4-5-16-32-30(35)28(19-23-10-7-6-8-11-23)33(20-24-12-9-13-25(18-24)36-3)29(34)21-37-26-14-15-27(31)22(2)17-26/h6-15,17-18,28H,4-5,16,19-21H2,1-3H3,(H,32,35)/t28-/m1/s1. The Morgan fingerprint density at radius 3 is 2.43 bits per heavy atom. The Kier molecular flexibility index (Phi) is 10.8. The van der Waals surface area contributed by atoms with E-state index in [9.17, 15) is 9.59 Å². The number of ether oxygens (including phenoxy) is 2. The zero-order chi connectivity index (χ0) is 26.6. The molecule has 2 amide bonds. The summed E-state index contributed by atoms with van der Waals surface area (Å²) in [7, 11) is 1.60. The number of nitrogens with one attached hydrogen (secondary N) is 1. The number of rotatable bonds is 13. The first-order valence-corrected chi connectivity index (χ1v) is 12.9. The lowest BCUT2D eigenvalue weighted by Crippen LogP contribution is -2.51. The summed E-state index contributed by atoms with van der Waals surface area (Å²) in [4.78, 5) is 28.7. The molecule has 0 fully saturated rings. The van der Waals surface area contributed by atoms with Gasteiger partial charge in [0.1, 0.15) is 17.5 Å². The quantitative estimate of drug-likeness (QED) is 0.297. The Morgan fingerprint density at radius 2 is 1.73 bits per heavy atom. The molecule has 0 heterocycles. The highest BCUT2D eigenvalue weighted by molar-refractivity contribution is 6.31. The summed E-state index contributed by atoms with van der Waals surface area (Å²) in [6.45, 7) is 4.53. The molecule has 1 N–H and O–H groups in total. The van der Waals surface area contributed by atoms with Crippen molar-refractivity contribution in [2.45, 2.75) is 45.7 Å². The molecule has 0 aliphatic heterocycles. The topological polar surface area (TPSA) is 67.9 Å². The van der Waals surface area contributed by atoms with Crippen LogP contribution in [0, 0.1) is 6.92 Å². The van der Waals surface area contributed by atoms with E-state index >= 15 is 0 Å². The lowest BCUT2D eigenvalue weighted by molar-refractivity contribution is -0.142. The molecule has 1 atom stereocenters. The molecule has 0 saturated carbocycles. The van der Waals surface area contributed by atoms with Gasteiger partial charge in [0.05, 0.1) is 7.11 Å². The minimum Gasteiger partial charge on any atom is -0.497 e. The summed E-state index contributed by atoms with van der Waals surface area (Å²) >= 11 is 6.13. The van der Waals surface area contributed by atoms with Gasteiger partial charge in [0, 0.05) is 24.5 Å². The third-order valence-electron chi connectivity index (χ3n) is 6.08. The molecule has 7 heteroatoms. The number of methoxy groups -OCH3 is 1. The third-order valence-corrected chi connectivity index (χ3v) is 6.50. The van der Waals surface area contributed by atoms with Gasteiger partial charge in [0.15, 0.2) is 6.61 Å². The Hall–Kier alpha value is -3.51. The molecule has 0 saturated heterocycles. The number of carbonyl (C=O) groups excluding carboxylic acids is 2. The molecular weight excluding hydrogens is 488 g/mol. The van der Waals surface area contributed by atoms with Crippen molar-refractivity contribution < 1.29 is 19.1 Å². The van der Waals surface area contributed by atoms with Crippen LogP contribution in [0.15, 0.2) is 72.8 Å². The maximum Gasteiger partial charge on any atom is 0.261 e. The van der Waals surface area contributed by atoms with Gasteiger partial charge < -0.3 is 19.7 Å². The van der Waals surface area contributed by atoms with Gasteiger partial charge in [-0.15, -0.1) is 0 Å². The molecule has 3 aromatic rings. The van der Waals surface area contributed by atoms with Crippen LogP contribution in [0.2, 0.25) is 5.02 Å². The highest BCUT2D eigenvalue weighted by Crippen LogP contribution is 2.22. The van der Waals surface area contributed by atoms with Gasteiger partial charge in [0.25, 0.3) is 5.91 Å². The molecule has 0 spiro atoms. The predicted octanol–water partition coefficient (Wildman–Crippen LogP) is 5.59. The zero-order valence-corrected chi connectivity index (χ0v) is 22.5. The number of nitrogens with zero attached hydrogens (tertiary/aromatic N) is 1. The Labute approximate surface area is 224 Å². The SMILES string of the molecule is CCCCNC(=O)[C@@H](Cc1ccccc1)N(Cc1cccc(OC)c1)C(=O)COc1ccc(Cl)c(C)c1. The summed E-state index contributed by atoms with van der Waals surface area (Å²) < 4.78 is 11.2. The fraction of sp³-hybridized carbons (Fsp3) is 0.333. The fourth-order valence-electron chi connectivity index (χ4n) is 3.96. The number of amides is 2. The first-order chi connectivity index (χ1) is 17.9. The van der Waals surface area contributed by atoms with Gasteiger partial charge in [-0.3, -0.25) is 9.59 Å². The summed E-state index contributed by atoms with van der Waals surface area (Å²) in [6, 6.07) is 21.8. The van der Waals surface area contributed by atoms with Crippen molar-refractivity contribution in [3.05, 3.63) is 94.5 Å². The van der Waals surface area contributed by atoms with Crippen LogP contribution in [0.5, 0.6) is 11.5 Å². The molecule has 0 bridgehead atoms. The minimum atomic E-state index is -0.714. The average molecular weight is 523 g/mol. The molecule has 0 radical (unpaired) electrons. The van der Waals surface area contributed by atoms with Gasteiger partial charge in [-0.25, -0.2) is 0 Å². The van der Waals surface area contributed by atoms with Crippen LogP contribution < -0.4 is 14.8 Å². The Bertz CT molecular complexity index is 1170. The fourth-order valence-corrected chi connectivity index (χ4v) is 4.08. The molecule has 37 heavy (non-hydrogen) atoms. The number of halogens is 1. The van der Waals surface area contributed by atoms with Crippen molar-refractivity contribution in [2.75, 3.05) is 20.3 Å². The number of hydrogen-bond donors (Lipinski definition) is 1. The smallest absolute Gasteiger partial charge is 0.261 e. The summed E-state index contributed by atoms with van der Waals surface area (Å²) in [5.74, 6) is 0.756. The number of hydrogen-bond acceptors (Lipinski definition) is 4. The Morgan fingerprint density at radius 1 is 0.973 bits per heavy atom. The first kappa shape index (κ1) is 28.1. The van der Waals surface area contributed by atoms with Crippen LogP contribution in [0.1, 0.15) is 36.5 Å². The average Bonchev–Trinajstić information content (AvgIpc) is 2.92. The van der Waals surface area contributed by atoms with Gasteiger partial charge >= 0.3 is 0 Å². The van der Waals surface area contributed by atoms with Crippen molar-refractivity contribution in [3.8, 4) is 11.5 Å². The summed E-state index contributed by atoms with van der Waals surface area (Å²) in [6.07, 6.45) is 2.21. The van der Waals surface area contributed by atoms with Crippen LogP contribution in [0.3, 0.4) is 0 Å². The summed E-state index contributed by atoms with van der Waals surface area (Å²) in [5.41, 5.74) is 2.68. The molecule has 6 nitrogen and oxygen atoms in total. The maximum atomic E-state index is 13.7. The molecule has 0 aliphatic rings. The number of unbranched alkanes of at least 4 members (excludes halogenated alkanes) is 1. The van der Waals surface area contributed by atoms with Gasteiger partial charge in [-0.05, 0) is 60.4 Å². The second-order valence-electron chi connectivity index (χ2n) is 8.92. The molecule has 196 valence electrons. The summed E-state index contributed by atoms with van der Waals surface area (Å²) in [5, 5.41) is 3.65. The van der Waals surface area contributed by atoms with Gasteiger partial charge in [-0.1, -0.05) is 67.4 Å². The van der Waals surface area contributed by atoms with E-state index in [2.05, 4.69) is 12.2 Å². The van der Waals surface area contributed by atoms with Gasteiger partial charge in [0.2, 0.25) is 5.91 Å². The van der Waals surface area contributed by atoms with Crippen LogP contribution in [0.25, 0.3) is 0 Å². The molecule has 0 aromatic heterocycles. The van der Waals surface area contributed by atoms with E-state index in [0.29, 0.717) is 29.5 Å². The Balaban J connectivity index is 1.90. The monoisotopic (exact) mass is 522 g/mol. The molecule has 3 aromatic carbocycles. The normalized spacial score (nSPS) is 11.5. The van der Waals surface area contributed by atoms with E-state index in [-0.39, 0.29) is 25.0 Å². The van der Waals surface area contributed by atoms with Crippen LogP contribution >= 0.6 is 11.6 Å². The van der Waals surface area contributed by atoms with Crippen LogP contribution in [-0.4, -0.2) is 43.0 Å². The molecular formula is C30H35ClN2O4. The molecule has 3 rings (SSSR count). The van der Waals surface area contributed by atoms with Crippen molar-refractivity contribution in [1.29, 1.82) is 0 Å². The van der Waals surface area contributed by atoms with E-state index in [1.54, 1.807) is 30.2 Å². The van der Waals surface area contributed by atoms with Crippen molar-refractivity contribution in [1.82, 2.24) is 10.2 Å². The molecule has 0 unspecified atom stereocenters. The lowest BCUT2D eigenvalue weighted by atomic mass is 10.0. The lowest BCUT2D eigenvalue weighted by Gasteiger charge is -2.31. The second kappa shape index (κ2) is 14.3. The highest BCUT2D eigenvalue weighted by atomic mass is 35.5. The van der Waals surface area contributed by atoms with Crippen molar-refractivity contribution in [2.24, 2.45) is 0 Å². The predicted molar refractivity (Wildman–Crippen MR) is 147 cm³/mol. The number of aryl methyl sites for hydroxylation is 1. The van der Waals surface area contributed by atoms with Crippen molar-refractivity contribution in [3.63, 3.8) is 0 Å². The zero-order valence-electron chi connectivity index (χ0n) is 21.7.